The minimum absolute atomic E-state index is 0.146. The number of rotatable bonds is 1. The van der Waals surface area contributed by atoms with Crippen molar-refractivity contribution in [2.45, 2.75) is 36.2 Å². The van der Waals surface area contributed by atoms with Gasteiger partial charge in [0, 0.05) is 47.2 Å². The number of aromatic nitrogens is 1. The summed E-state index contributed by atoms with van der Waals surface area (Å²) < 4.78 is 31.2. The largest absolute Gasteiger partial charge is 0.502 e. The second-order valence-electron chi connectivity index (χ2n) is 9.86. The Kier molecular flexibility index (Phi) is 5.07. The summed E-state index contributed by atoms with van der Waals surface area (Å²) in [6.45, 7) is 2.75. The van der Waals surface area contributed by atoms with Gasteiger partial charge in [0.1, 0.15) is 6.17 Å². The van der Waals surface area contributed by atoms with E-state index in [1.165, 1.54) is 28.7 Å². The van der Waals surface area contributed by atoms with Crippen LogP contribution in [0.15, 0.2) is 74.5 Å². The lowest BCUT2D eigenvalue weighted by atomic mass is 9.90. The van der Waals surface area contributed by atoms with Gasteiger partial charge in [-0.1, -0.05) is 24.3 Å². The number of carbonyl (C=O) groups excluding carboxylic acids is 1. The molecule has 0 aliphatic carbocycles. The number of carbonyl (C=O) groups is 1. The van der Waals surface area contributed by atoms with Crippen LogP contribution in [0, 0.1) is 11.6 Å². The van der Waals surface area contributed by atoms with Gasteiger partial charge in [0.2, 0.25) is 5.43 Å². The molecule has 7 rings (SSSR count). The Morgan fingerprint density at radius 1 is 1.08 bits per heavy atom. The van der Waals surface area contributed by atoms with E-state index in [0.717, 1.165) is 33.4 Å². The van der Waals surface area contributed by atoms with Gasteiger partial charge >= 0.3 is 0 Å². The molecule has 5 heterocycles. The van der Waals surface area contributed by atoms with Gasteiger partial charge in [-0.05, 0) is 41.3 Å². The number of fused-ring (bicyclic) bond motifs is 4. The SMILES string of the molecule is CC1=NCC2=C1C[C@@H]1N(C2)C(=O)c2c(O)c(=O)ccn2N1[C@@H]1c2ccccc2SCc2c1ccc(F)c2F. The molecule has 0 fully saturated rings. The number of hydrogen-bond donors (Lipinski definition) is 1. The van der Waals surface area contributed by atoms with E-state index in [0.29, 0.717) is 25.1 Å². The zero-order valence-electron chi connectivity index (χ0n) is 20.3. The summed E-state index contributed by atoms with van der Waals surface area (Å²) in [5.74, 6) is -2.68. The zero-order chi connectivity index (χ0) is 26.3. The number of hydrogen-bond acceptors (Lipinski definition) is 6. The predicted molar refractivity (Wildman–Crippen MR) is 139 cm³/mol. The molecule has 0 bridgehead atoms. The molecule has 0 radical (unpaired) electrons. The lowest BCUT2D eigenvalue weighted by Crippen LogP contribution is -2.64. The fourth-order valence-electron chi connectivity index (χ4n) is 6.08. The van der Waals surface area contributed by atoms with Crippen LogP contribution in [-0.2, 0) is 5.75 Å². The fourth-order valence-corrected chi connectivity index (χ4v) is 7.20. The highest BCUT2D eigenvalue weighted by atomic mass is 32.2. The smallest absolute Gasteiger partial charge is 0.278 e. The summed E-state index contributed by atoms with van der Waals surface area (Å²) in [7, 11) is 0. The first-order valence-corrected chi connectivity index (χ1v) is 13.3. The molecule has 4 aliphatic heterocycles. The summed E-state index contributed by atoms with van der Waals surface area (Å²) in [5.41, 5.74) is 3.90. The first-order valence-electron chi connectivity index (χ1n) is 12.3. The normalized spacial score (nSPS) is 21.8. The van der Waals surface area contributed by atoms with Crippen molar-refractivity contribution in [2.24, 2.45) is 4.99 Å². The minimum atomic E-state index is -0.920. The summed E-state index contributed by atoms with van der Waals surface area (Å²) in [5, 5.41) is 12.7. The molecular weight excluding hydrogens is 510 g/mol. The Bertz CT molecular complexity index is 1680. The molecular formula is C28H22F2N4O3S. The van der Waals surface area contributed by atoms with Crippen molar-refractivity contribution in [2.75, 3.05) is 18.1 Å². The van der Waals surface area contributed by atoms with Gasteiger partial charge in [-0.25, -0.2) is 8.78 Å². The first-order chi connectivity index (χ1) is 18.3. The van der Waals surface area contributed by atoms with Crippen LogP contribution in [0.1, 0.15) is 46.6 Å². The van der Waals surface area contributed by atoms with E-state index in [-0.39, 0.29) is 17.0 Å². The number of aliphatic imine (C=N–C) groups is 1. The van der Waals surface area contributed by atoms with Crippen LogP contribution >= 0.6 is 11.8 Å². The van der Waals surface area contributed by atoms with Gasteiger partial charge in [-0.3, -0.25) is 24.3 Å². The van der Waals surface area contributed by atoms with E-state index in [1.54, 1.807) is 11.0 Å². The van der Waals surface area contributed by atoms with Crippen LogP contribution in [0.25, 0.3) is 0 Å². The maximum Gasteiger partial charge on any atom is 0.278 e. The summed E-state index contributed by atoms with van der Waals surface area (Å²) in [6.07, 6.45) is 1.42. The monoisotopic (exact) mass is 532 g/mol. The third kappa shape index (κ3) is 3.16. The third-order valence-corrected chi connectivity index (χ3v) is 9.04. The Labute approximate surface area is 220 Å². The second-order valence-corrected chi connectivity index (χ2v) is 10.9. The van der Waals surface area contributed by atoms with Crippen LogP contribution in [0.2, 0.25) is 0 Å². The fraction of sp³-hybridized carbons (Fsp3) is 0.250. The number of halogens is 2. The lowest BCUT2D eigenvalue weighted by Gasteiger charge is -2.52. The van der Waals surface area contributed by atoms with Gasteiger partial charge < -0.3 is 10.0 Å². The minimum Gasteiger partial charge on any atom is -0.502 e. The van der Waals surface area contributed by atoms with Gasteiger partial charge in [-0.2, -0.15) is 0 Å². The summed E-state index contributed by atoms with van der Waals surface area (Å²) >= 11 is 1.42. The topological polar surface area (TPSA) is 78.1 Å². The molecule has 2 atom stereocenters. The number of pyridine rings is 1. The molecule has 0 saturated carbocycles. The molecule has 192 valence electrons. The van der Waals surface area contributed by atoms with Crippen molar-refractivity contribution >= 4 is 23.4 Å². The molecule has 0 unspecified atom stereocenters. The van der Waals surface area contributed by atoms with E-state index in [2.05, 4.69) is 4.99 Å². The van der Waals surface area contributed by atoms with E-state index >= 15 is 4.39 Å². The molecule has 4 aliphatic rings. The van der Waals surface area contributed by atoms with Gasteiger partial charge in [-0.15, -0.1) is 11.8 Å². The van der Waals surface area contributed by atoms with Crippen molar-refractivity contribution in [1.29, 1.82) is 0 Å². The second kappa shape index (κ2) is 8.29. The zero-order valence-corrected chi connectivity index (χ0v) is 21.1. The maximum atomic E-state index is 15.3. The van der Waals surface area contributed by atoms with E-state index in [1.807, 2.05) is 36.2 Å². The van der Waals surface area contributed by atoms with Gasteiger partial charge in [0.05, 0.1) is 12.6 Å². The van der Waals surface area contributed by atoms with Gasteiger partial charge in [0.15, 0.2) is 23.1 Å². The highest BCUT2D eigenvalue weighted by molar-refractivity contribution is 7.98. The highest BCUT2D eigenvalue weighted by Gasteiger charge is 2.47. The molecule has 38 heavy (non-hydrogen) atoms. The Morgan fingerprint density at radius 3 is 2.74 bits per heavy atom. The molecule has 0 spiro atoms. The molecule has 7 nitrogen and oxygen atoms in total. The average molecular weight is 533 g/mol. The van der Waals surface area contributed by atoms with Crippen molar-refractivity contribution in [1.82, 2.24) is 9.58 Å². The molecule has 10 heteroatoms. The molecule has 1 aromatic heterocycles. The van der Waals surface area contributed by atoms with Crippen LogP contribution < -0.4 is 10.4 Å². The summed E-state index contributed by atoms with van der Waals surface area (Å²) in [6, 6.07) is 11.0. The third-order valence-electron chi connectivity index (χ3n) is 7.93. The van der Waals surface area contributed by atoms with Gasteiger partial charge in [0.25, 0.3) is 5.91 Å². The van der Waals surface area contributed by atoms with Crippen molar-refractivity contribution < 1.29 is 18.7 Å². The molecule has 3 aromatic rings. The van der Waals surface area contributed by atoms with Crippen molar-refractivity contribution in [3.8, 4) is 5.75 Å². The molecule has 0 saturated heterocycles. The van der Waals surface area contributed by atoms with Crippen molar-refractivity contribution in [3.63, 3.8) is 0 Å². The van der Waals surface area contributed by atoms with E-state index in [4.69, 9.17) is 0 Å². The number of amides is 1. The molecule has 2 aromatic carbocycles. The summed E-state index contributed by atoms with van der Waals surface area (Å²) in [4.78, 5) is 33.4. The predicted octanol–water partition coefficient (Wildman–Crippen LogP) is 4.12. The van der Waals surface area contributed by atoms with Crippen LogP contribution in [-0.4, -0.2) is 45.6 Å². The van der Waals surface area contributed by atoms with Crippen molar-refractivity contribution in [3.05, 3.63) is 104 Å². The number of thioether (sulfide) groups is 1. The maximum absolute atomic E-state index is 15.3. The van der Waals surface area contributed by atoms with E-state index in [9.17, 15) is 19.1 Å². The quantitative estimate of drug-likeness (QED) is 0.510. The first kappa shape index (κ1) is 23.2. The Hall–Kier alpha value is -3.92. The average Bonchev–Trinajstić information content (AvgIpc) is 3.19. The molecule has 1 amide bonds. The van der Waals surface area contributed by atoms with Crippen LogP contribution in [0.3, 0.4) is 0 Å². The lowest BCUT2D eigenvalue weighted by molar-refractivity contribution is 0.0557. The number of aromatic hydroxyl groups is 1. The number of benzene rings is 2. The van der Waals surface area contributed by atoms with Crippen LogP contribution in [0.4, 0.5) is 8.78 Å². The Morgan fingerprint density at radius 2 is 1.89 bits per heavy atom. The number of nitrogens with zero attached hydrogens (tertiary/aromatic N) is 4. The molecule has 1 N–H and O–H groups in total. The Balaban J connectivity index is 1.53. The highest BCUT2D eigenvalue weighted by Crippen LogP contribution is 2.46. The van der Waals surface area contributed by atoms with Crippen LogP contribution in [0.5, 0.6) is 5.75 Å². The standard InChI is InChI=1S/C28H22F2N4O3S/c1-14-18-10-23-32(12-15(18)11-31-14)28(37)26-27(36)21(35)8-9-33(26)34(23)25-16-6-7-20(29)24(30)19(16)13-38-22-5-3-2-4-17(22)25/h2-9,23,25,36H,10-13H2,1H3/t23-,25+/m1/s1. The van der Waals surface area contributed by atoms with E-state index < -0.39 is 40.9 Å².